The first-order chi connectivity index (χ1) is 15.2. The van der Waals surface area contributed by atoms with Crippen molar-refractivity contribution >= 4 is 35.2 Å². The first kappa shape index (κ1) is 30.0. The third-order valence-corrected chi connectivity index (χ3v) is 5.26. The van der Waals surface area contributed by atoms with Gasteiger partial charge in [-0.2, -0.15) is 0 Å². The van der Waals surface area contributed by atoms with E-state index in [-0.39, 0.29) is 19.1 Å². The number of benzene rings is 1. The molecule has 0 radical (unpaired) electrons. The zero-order chi connectivity index (χ0) is 24.5. The maximum Gasteiger partial charge on any atom is 0.317 e. The van der Waals surface area contributed by atoms with Crippen molar-refractivity contribution < 1.29 is 19.8 Å². The summed E-state index contributed by atoms with van der Waals surface area (Å²) >= 11 is 4.55. The zero-order valence-corrected chi connectivity index (χ0v) is 21.0. The fourth-order valence-electron chi connectivity index (χ4n) is 3.28. The lowest BCUT2D eigenvalue weighted by Crippen LogP contribution is -2.48. The molecule has 0 saturated heterocycles. The van der Waals surface area contributed by atoms with Crippen LogP contribution in [0.2, 0.25) is 0 Å². The molecular weight excluding hydrogens is 426 g/mol. The number of hydrogen-bond acceptors (Lipinski definition) is 6. The molecule has 0 heterocycles. The highest BCUT2D eigenvalue weighted by atomic mass is 32.1. The second-order valence-electron chi connectivity index (χ2n) is 8.18. The summed E-state index contributed by atoms with van der Waals surface area (Å²) < 4.78 is 0. The van der Waals surface area contributed by atoms with E-state index in [1.165, 1.54) is 0 Å². The zero-order valence-electron chi connectivity index (χ0n) is 20.2. The van der Waals surface area contributed by atoms with Crippen molar-refractivity contribution in [3.63, 3.8) is 0 Å². The van der Waals surface area contributed by atoms with Gasteiger partial charge in [0.25, 0.3) is 0 Å². The third-order valence-electron chi connectivity index (χ3n) is 4.72. The molecule has 1 aromatic rings. The number of carboxylic acids is 2. The van der Waals surface area contributed by atoms with Crippen LogP contribution in [0.5, 0.6) is 0 Å². The lowest BCUT2D eigenvalue weighted by molar-refractivity contribution is -0.141. The van der Waals surface area contributed by atoms with Crippen molar-refractivity contribution in [2.75, 3.05) is 45.1 Å². The van der Waals surface area contributed by atoms with Gasteiger partial charge in [0.2, 0.25) is 0 Å². The minimum absolute atomic E-state index is 0.0317. The summed E-state index contributed by atoms with van der Waals surface area (Å²) in [4.78, 5) is 26.4. The topological polar surface area (TPSA) is 93.1 Å². The molecule has 0 spiro atoms. The van der Waals surface area contributed by atoms with Crippen molar-refractivity contribution in [1.82, 2.24) is 9.80 Å². The van der Waals surface area contributed by atoms with Crippen LogP contribution in [-0.2, 0) is 16.0 Å². The van der Waals surface area contributed by atoms with E-state index in [0.717, 1.165) is 24.1 Å². The summed E-state index contributed by atoms with van der Waals surface area (Å²) in [5, 5.41) is 23.4. The average Bonchev–Trinajstić information content (AvgIpc) is 2.73. The van der Waals surface area contributed by atoms with Crippen LogP contribution in [-0.4, -0.2) is 83.1 Å². The number of carbonyl (C=O) groups is 2. The van der Waals surface area contributed by atoms with Crippen molar-refractivity contribution in [2.45, 2.75) is 53.0 Å². The average molecular weight is 468 g/mol. The predicted octanol–water partition coefficient (Wildman–Crippen LogP) is 3.87. The molecule has 182 valence electrons. The van der Waals surface area contributed by atoms with Crippen LogP contribution in [0.1, 0.15) is 46.1 Å². The Hall–Kier alpha value is -2.03. The fraction of sp³-hybridized carbons (Fsp3) is 0.625. The molecule has 0 aliphatic heterocycles. The van der Waals surface area contributed by atoms with Crippen LogP contribution >= 0.6 is 12.2 Å². The van der Waals surface area contributed by atoms with E-state index in [2.05, 4.69) is 31.4 Å². The maximum atomic E-state index is 11.4. The Morgan fingerprint density at radius 1 is 1.03 bits per heavy atom. The number of rotatable bonds is 15. The van der Waals surface area contributed by atoms with Gasteiger partial charge in [0.05, 0.1) is 13.1 Å². The van der Waals surface area contributed by atoms with E-state index in [4.69, 9.17) is 0 Å². The number of nitrogens with one attached hydrogen (secondary N) is 1. The molecule has 0 aliphatic carbocycles. The van der Waals surface area contributed by atoms with Crippen molar-refractivity contribution in [3.05, 3.63) is 29.8 Å². The Balaban J connectivity index is 0.00000172. The molecule has 1 aromatic carbocycles. The van der Waals surface area contributed by atoms with Crippen LogP contribution in [0.3, 0.4) is 0 Å². The van der Waals surface area contributed by atoms with Crippen LogP contribution in [0.4, 0.5) is 5.69 Å². The van der Waals surface area contributed by atoms with E-state index >= 15 is 0 Å². The second kappa shape index (κ2) is 17.5. The Labute approximate surface area is 198 Å². The highest BCUT2D eigenvalue weighted by Gasteiger charge is 2.24. The molecule has 0 saturated carbocycles. The van der Waals surface area contributed by atoms with Crippen LogP contribution in [0.15, 0.2) is 24.3 Å². The lowest BCUT2D eigenvalue weighted by atomic mass is 10.0. The van der Waals surface area contributed by atoms with Crippen molar-refractivity contribution in [3.8, 4) is 0 Å². The second-order valence-corrected chi connectivity index (χ2v) is 8.45. The number of aliphatic carboxylic acids is 2. The summed E-state index contributed by atoms with van der Waals surface area (Å²) in [6.45, 7) is 9.96. The summed E-state index contributed by atoms with van der Waals surface area (Å²) in [5.74, 6) is -1.15. The normalized spacial score (nSPS) is 11.8. The Bertz CT molecular complexity index is 668. The molecule has 0 fully saturated rings. The van der Waals surface area contributed by atoms with Gasteiger partial charge in [-0.3, -0.25) is 19.4 Å². The summed E-state index contributed by atoms with van der Waals surface area (Å²) in [5.41, 5.74) is 2.13. The van der Waals surface area contributed by atoms with Gasteiger partial charge >= 0.3 is 11.9 Å². The number of nitrogens with zero attached hydrogens (tertiary/aromatic N) is 2. The molecular formula is C24H41N3O4S. The van der Waals surface area contributed by atoms with Crippen LogP contribution in [0.25, 0.3) is 0 Å². The Kier molecular flexibility index (Phi) is 16.4. The molecule has 8 heteroatoms. The highest BCUT2D eigenvalue weighted by molar-refractivity contribution is 7.79. The van der Waals surface area contributed by atoms with Gasteiger partial charge in [-0.15, -0.1) is 0 Å². The number of anilines is 1. The molecule has 7 nitrogen and oxygen atoms in total. The van der Waals surface area contributed by atoms with Crippen molar-refractivity contribution in [2.24, 2.45) is 5.92 Å². The molecule has 0 aliphatic rings. The molecule has 1 rings (SSSR count). The quantitative estimate of drug-likeness (QED) is 0.335. The van der Waals surface area contributed by atoms with Gasteiger partial charge in [0.1, 0.15) is 0 Å². The minimum Gasteiger partial charge on any atom is -0.480 e. The van der Waals surface area contributed by atoms with Crippen molar-refractivity contribution in [1.29, 1.82) is 0 Å². The standard InChI is InChI=1S/C20H33N3O4.C4H8S/c1-4-10-22(14-19(24)25)13-18(23(11-5-2)15-20(26)27)12-16-6-8-17(21-3)9-7-16;1-4(2)3-5/h6-9,18,21H,4-5,10-15H2,1-3H3,(H,24,25)(H,26,27);3-4H,1-2H3. The van der Waals surface area contributed by atoms with Gasteiger partial charge in [-0.25, -0.2) is 0 Å². The molecule has 0 bridgehead atoms. The summed E-state index contributed by atoms with van der Waals surface area (Å²) in [7, 11) is 1.86. The molecule has 1 atom stereocenters. The first-order valence-electron chi connectivity index (χ1n) is 11.3. The predicted molar refractivity (Wildman–Crippen MR) is 136 cm³/mol. The Morgan fingerprint density at radius 3 is 1.97 bits per heavy atom. The van der Waals surface area contributed by atoms with E-state index < -0.39 is 11.9 Å². The minimum atomic E-state index is -0.862. The Morgan fingerprint density at radius 2 is 1.56 bits per heavy atom. The largest absolute Gasteiger partial charge is 0.480 e. The van der Waals surface area contributed by atoms with Crippen LogP contribution in [0, 0.1) is 5.92 Å². The number of hydrogen-bond donors (Lipinski definition) is 3. The van der Waals surface area contributed by atoms with Gasteiger partial charge < -0.3 is 15.5 Å². The molecule has 1 unspecified atom stereocenters. The van der Waals surface area contributed by atoms with Gasteiger partial charge in [-0.1, -0.05) is 52.0 Å². The van der Waals surface area contributed by atoms with E-state index in [0.29, 0.717) is 32.0 Å². The molecule has 32 heavy (non-hydrogen) atoms. The van der Waals surface area contributed by atoms with Gasteiger partial charge in [0, 0.05) is 25.3 Å². The lowest BCUT2D eigenvalue weighted by Gasteiger charge is -2.34. The number of thiocarbonyl (C=S) groups is 1. The molecule has 0 amide bonds. The summed E-state index contributed by atoms with van der Waals surface area (Å²) in [6, 6.07) is 7.99. The number of carboxylic acid groups (broad SMARTS) is 2. The fourth-order valence-corrected chi connectivity index (χ4v) is 3.28. The maximum absolute atomic E-state index is 11.4. The van der Waals surface area contributed by atoms with Crippen LogP contribution < -0.4 is 5.32 Å². The van der Waals surface area contributed by atoms with Gasteiger partial charge in [-0.05, 0) is 61.3 Å². The molecule has 3 N–H and O–H groups in total. The van der Waals surface area contributed by atoms with Gasteiger partial charge in [0.15, 0.2) is 0 Å². The highest BCUT2D eigenvalue weighted by Crippen LogP contribution is 2.15. The first-order valence-corrected chi connectivity index (χ1v) is 11.8. The monoisotopic (exact) mass is 467 g/mol. The third kappa shape index (κ3) is 14.1. The van der Waals surface area contributed by atoms with E-state index in [1.54, 1.807) is 5.37 Å². The van der Waals surface area contributed by atoms with E-state index in [1.807, 2.05) is 55.0 Å². The smallest absolute Gasteiger partial charge is 0.317 e. The SMILES string of the molecule is CC(C)C=S.CCCN(CC(=O)O)CC(Cc1ccc(NC)cc1)N(CCC)CC(=O)O. The molecule has 0 aromatic heterocycles. The van der Waals surface area contributed by atoms with E-state index in [9.17, 15) is 19.8 Å². The summed E-state index contributed by atoms with van der Waals surface area (Å²) in [6.07, 6.45) is 2.37.